The summed E-state index contributed by atoms with van der Waals surface area (Å²) in [5.74, 6) is -0.390. The fourth-order valence-corrected chi connectivity index (χ4v) is 2.26. The van der Waals surface area contributed by atoms with Gasteiger partial charge in [-0.2, -0.15) is 4.21 Å². The first-order valence-corrected chi connectivity index (χ1v) is 5.67. The number of hydrogen-bond donors (Lipinski definition) is 0. The predicted octanol–water partition coefficient (Wildman–Crippen LogP) is 0.901. The Kier molecular flexibility index (Phi) is 2.79. The van der Waals surface area contributed by atoms with E-state index in [2.05, 4.69) is 4.28 Å². The number of amides is 1. The zero-order chi connectivity index (χ0) is 11.8. The molecule has 0 bridgehead atoms. The number of rotatable bonds is 1. The Bertz CT molecular complexity index is 436. The van der Waals surface area contributed by atoms with E-state index >= 15 is 0 Å². The van der Waals surface area contributed by atoms with Crippen LogP contribution in [0.1, 0.15) is 12.5 Å². The van der Waals surface area contributed by atoms with Crippen molar-refractivity contribution < 1.29 is 17.5 Å². The van der Waals surface area contributed by atoms with Crippen LogP contribution in [0.2, 0.25) is 0 Å². The molecule has 1 aromatic carbocycles. The molecule has 1 fully saturated rings. The summed E-state index contributed by atoms with van der Waals surface area (Å²) in [5, 5.41) is 0.937. The van der Waals surface area contributed by atoms with Gasteiger partial charge < -0.3 is 0 Å². The standard InChI is InChI=1S/C10H11NO4S/c1-10(8-6-4-3-5-7-8)9(12)11(2)15-16(13)14-10/h3-7H,1-2H3. The first-order valence-electron chi connectivity index (χ1n) is 4.67. The van der Waals surface area contributed by atoms with Crippen LogP contribution in [0.5, 0.6) is 0 Å². The Morgan fingerprint density at radius 1 is 1.31 bits per heavy atom. The molecule has 2 rings (SSSR count). The molecule has 86 valence electrons. The smallest absolute Gasteiger partial charge is 0.269 e. The summed E-state index contributed by atoms with van der Waals surface area (Å²) in [7, 11) is 1.41. The van der Waals surface area contributed by atoms with Crippen LogP contribution in [0.3, 0.4) is 0 Å². The molecule has 0 radical (unpaired) electrons. The highest BCUT2D eigenvalue weighted by atomic mass is 32.2. The van der Waals surface area contributed by atoms with Gasteiger partial charge in [-0.3, -0.25) is 4.79 Å². The summed E-state index contributed by atoms with van der Waals surface area (Å²) in [5.41, 5.74) is -0.623. The Morgan fingerprint density at radius 3 is 2.56 bits per heavy atom. The van der Waals surface area contributed by atoms with E-state index < -0.39 is 22.9 Å². The van der Waals surface area contributed by atoms with Crippen molar-refractivity contribution >= 4 is 17.3 Å². The van der Waals surface area contributed by atoms with E-state index in [-0.39, 0.29) is 0 Å². The van der Waals surface area contributed by atoms with Gasteiger partial charge in [0.15, 0.2) is 5.60 Å². The van der Waals surface area contributed by atoms with Crippen LogP contribution in [0, 0.1) is 0 Å². The average molecular weight is 241 g/mol. The van der Waals surface area contributed by atoms with Crippen LogP contribution in [0.15, 0.2) is 30.3 Å². The van der Waals surface area contributed by atoms with Gasteiger partial charge in [-0.05, 0) is 12.5 Å². The Hall–Kier alpha value is -1.24. The molecule has 1 aliphatic rings. The van der Waals surface area contributed by atoms with E-state index in [0.29, 0.717) is 5.56 Å². The van der Waals surface area contributed by atoms with E-state index in [1.165, 1.54) is 7.05 Å². The summed E-state index contributed by atoms with van der Waals surface area (Å²) < 4.78 is 21.0. The van der Waals surface area contributed by atoms with Crippen LogP contribution in [-0.4, -0.2) is 22.2 Å². The normalized spacial score (nSPS) is 30.5. The maximum Gasteiger partial charge on any atom is 0.329 e. The minimum atomic E-state index is -1.96. The average Bonchev–Trinajstić information content (AvgIpc) is 2.27. The molecule has 2 unspecified atom stereocenters. The molecule has 0 aromatic heterocycles. The first kappa shape index (κ1) is 11.3. The van der Waals surface area contributed by atoms with Crippen molar-refractivity contribution in [2.75, 3.05) is 7.05 Å². The lowest BCUT2D eigenvalue weighted by atomic mass is 9.95. The summed E-state index contributed by atoms with van der Waals surface area (Å²) in [6.07, 6.45) is 0. The van der Waals surface area contributed by atoms with Crippen molar-refractivity contribution in [3.63, 3.8) is 0 Å². The third-order valence-electron chi connectivity index (χ3n) is 2.43. The van der Waals surface area contributed by atoms with Gasteiger partial charge in [0.2, 0.25) is 0 Å². The van der Waals surface area contributed by atoms with Gasteiger partial charge in [0, 0.05) is 7.05 Å². The van der Waals surface area contributed by atoms with Crippen molar-refractivity contribution in [2.24, 2.45) is 0 Å². The third-order valence-corrected chi connectivity index (χ3v) is 3.24. The molecular weight excluding hydrogens is 230 g/mol. The van der Waals surface area contributed by atoms with E-state index in [1.54, 1.807) is 31.2 Å². The van der Waals surface area contributed by atoms with E-state index in [1.807, 2.05) is 6.07 Å². The molecule has 1 aliphatic heterocycles. The summed E-state index contributed by atoms with van der Waals surface area (Å²) >= 11 is -1.96. The van der Waals surface area contributed by atoms with Gasteiger partial charge in [0.05, 0.1) is 0 Å². The van der Waals surface area contributed by atoms with Crippen molar-refractivity contribution in [2.45, 2.75) is 12.5 Å². The number of likely N-dealkylation sites (N-methyl/N-ethyl adjacent to an activating group) is 1. The quantitative estimate of drug-likeness (QED) is 0.733. The molecule has 1 saturated heterocycles. The number of hydrogen-bond acceptors (Lipinski definition) is 4. The lowest BCUT2D eigenvalue weighted by Gasteiger charge is -2.34. The fourth-order valence-electron chi connectivity index (χ4n) is 1.54. The molecule has 6 heteroatoms. The summed E-state index contributed by atoms with van der Waals surface area (Å²) in [6, 6.07) is 8.89. The lowest BCUT2D eigenvalue weighted by Crippen LogP contribution is -2.50. The van der Waals surface area contributed by atoms with Crippen molar-refractivity contribution in [1.29, 1.82) is 0 Å². The number of carbonyl (C=O) groups excluding carboxylic acids is 1. The second-order valence-corrected chi connectivity index (χ2v) is 4.29. The minimum absolute atomic E-state index is 0.390. The van der Waals surface area contributed by atoms with E-state index in [4.69, 9.17) is 4.18 Å². The van der Waals surface area contributed by atoms with Gasteiger partial charge in [0.25, 0.3) is 5.91 Å². The van der Waals surface area contributed by atoms with Gasteiger partial charge in [0.1, 0.15) is 0 Å². The number of hydroxylamine groups is 2. The molecule has 0 aliphatic carbocycles. The number of nitrogens with zero attached hydrogens (tertiary/aromatic N) is 1. The van der Waals surface area contributed by atoms with E-state index in [9.17, 15) is 9.00 Å². The maximum absolute atomic E-state index is 11.9. The number of benzene rings is 1. The Balaban J connectivity index is 2.43. The second kappa shape index (κ2) is 3.97. The maximum atomic E-state index is 11.9. The highest BCUT2D eigenvalue weighted by Gasteiger charge is 2.46. The monoisotopic (exact) mass is 241 g/mol. The highest BCUT2D eigenvalue weighted by molar-refractivity contribution is 7.75. The van der Waals surface area contributed by atoms with Crippen LogP contribution in [0.25, 0.3) is 0 Å². The van der Waals surface area contributed by atoms with Crippen LogP contribution < -0.4 is 0 Å². The van der Waals surface area contributed by atoms with Gasteiger partial charge in [-0.1, -0.05) is 30.3 Å². The third kappa shape index (κ3) is 1.75. The van der Waals surface area contributed by atoms with Crippen LogP contribution in [-0.2, 0) is 30.2 Å². The molecule has 16 heavy (non-hydrogen) atoms. The van der Waals surface area contributed by atoms with Gasteiger partial charge in [-0.25, -0.2) is 9.25 Å². The summed E-state index contributed by atoms with van der Waals surface area (Å²) in [6.45, 7) is 1.57. The molecule has 0 saturated carbocycles. The van der Waals surface area contributed by atoms with Crippen molar-refractivity contribution in [3.05, 3.63) is 35.9 Å². The Morgan fingerprint density at radius 2 is 1.94 bits per heavy atom. The van der Waals surface area contributed by atoms with Crippen molar-refractivity contribution in [1.82, 2.24) is 5.06 Å². The fraction of sp³-hybridized carbons (Fsp3) is 0.300. The van der Waals surface area contributed by atoms with Gasteiger partial charge in [-0.15, -0.1) is 4.28 Å². The van der Waals surface area contributed by atoms with Crippen LogP contribution in [0.4, 0.5) is 0 Å². The second-order valence-electron chi connectivity index (χ2n) is 3.56. The molecule has 0 N–H and O–H groups in total. The lowest BCUT2D eigenvalue weighted by molar-refractivity contribution is -0.181. The molecule has 2 atom stereocenters. The van der Waals surface area contributed by atoms with Crippen molar-refractivity contribution in [3.8, 4) is 0 Å². The van der Waals surface area contributed by atoms with E-state index in [0.717, 1.165) is 5.06 Å². The highest BCUT2D eigenvalue weighted by Crippen LogP contribution is 2.32. The summed E-state index contributed by atoms with van der Waals surface area (Å²) in [4.78, 5) is 11.9. The topological polar surface area (TPSA) is 55.8 Å². The molecule has 1 amide bonds. The zero-order valence-corrected chi connectivity index (χ0v) is 9.69. The predicted molar refractivity (Wildman–Crippen MR) is 56.9 cm³/mol. The van der Waals surface area contributed by atoms with Crippen LogP contribution >= 0.6 is 0 Å². The zero-order valence-electron chi connectivity index (χ0n) is 8.88. The van der Waals surface area contributed by atoms with Gasteiger partial charge >= 0.3 is 11.4 Å². The molecule has 0 spiro atoms. The Labute approximate surface area is 95.8 Å². The minimum Gasteiger partial charge on any atom is -0.269 e. The molecule has 1 aromatic rings. The largest absolute Gasteiger partial charge is 0.329 e. The SMILES string of the molecule is CN1OS(=O)OC(C)(c2ccccc2)C1=O. The number of carbonyl (C=O) groups is 1. The molecular formula is C10H11NO4S. The first-order chi connectivity index (χ1) is 7.54. The molecule has 5 nitrogen and oxygen atoms in total. The molecule has 1 heterocycles.